The van der Waals surface area contributed by atoms with E-state index >= 15 is 0 Å². The highest BCUT2D eigenvalue weighted by Gasteiger charge is 2.02. The first-order chi connectivity index (χ1) is 9.66. The number of carbonyl (C=O) groups is 2. The van der Waals surface area contributed by atoms with Gasteiger partial charge in [0.25, 0.3) is 0 Å². The van der Waals surface area contributed by atoms with Crippen LogP contribution in [-0.4, -0.2) is 23.7 Å². The minimum absolute atomic E-state index is 0.0629. The summed E-state index contributed by atoms with van der Waals surface area (Å²) >= 11 is 0. The third-order valence-electron chi connectivity index (χ3n) is 3.28. The third-order valence-corrected chi connectivity index (χ3v) is 3.28. The predicted octanol–water partition coefficient (Wildman–Crippen LogP) is 4.32. The molecule has 0 bridgehead atoms. The van der Waals surface area contributed by atoms with Crippen molar-refractivity contribution >= 4 is 11.9 Å². The second-order valence-electron chi connectivity index (χ2n) is 5.30. The molecule has 20 heavy (non-hydrogen) atoms. The van der Waals surface area contributed by atoms with Crippen molar-refractivity contribution in [2.24, 2.45) is 0 Å². The molecule has 0 aliphatic carbocycles. The average molecular weight is 286 g/mol. The highest BCUT2D eigenvalue weighted by molar-refractivity contribution is 5.69. The van der Waals surface area contributed by atoms with Crippen molar-refractivity contribution in [2.75, 3.05) is 6.61 Å². The van der Waals surface area contributed by atoms with Gasteiger partial charge in [-0.3, -0.25) is 9.59 Å². The van der Waals surface area contributed by atoms with Gasteiger partial charge in [-0.05, 0) is 19.3 Å². The molecule has 4 heteroatoms. The Kier molecular flexibility index (Phi) is 13.6. The number of carboxylic acids is 1. The van der Waals surface area contributed by atoms with Gasteiger partial charge in [0.15, 0.2) is 0 Å². The summed E-state index contributed by atoms with van der Waals surface area (Å²) in [6.07, 6.45) is 11.3. The molecule has 4 nitrogen and oxygen atoms in total. The minimum Gasteiger partial charge on any atom is -0.481 e. The molecule has 0 spiro atoms. The first-order valence-corrected chi connectivity index (χ1v) is 8.04. The smallest absolute Gasteiger partial charge is 0.305 e. The summed E-state index contributed by atoms with van der Waals surface area (Å²) in [5.41, 5.74) is 0. The molecular weight excluding hydrogens is 256 g/mol. The van der Waals surface area contributed by atoms with Crippen molar-refractivity contribution in [2.45, 2.75) is 84.0 Å². The first-order valence-electron chi connectivity index (χ1n) is 8.04. The van der Waals surface area contributed by atoms with E-state index < -0.39 is 5.97 Å². The van der Waals surface area contributed by atoms with Crippen molar-refractivity contribution in [3.63, 3.8) is 0 Å². The lowest BCUT2D eigenvalue weighted by Gasteiger charge is -2.04. The molecule has 0 amide bonds. The number of esters is 1. The summed E-state index contributed by atoms with van der Waals surface area (Å²) in [6.45, 7) is 2.64. The largest absolute Gasteiger partial charge is 0.481 e. The molecule has 0 aliphatic heterocycles. The normalized spacial score (nSPS) is 10.4. The van der Waals surface area contributed by atoms with E-state index in [2.05, 4.69) is 6.92 Å². The highest BCUT2D eigenvalue weighted by Crippen LogP contribution is 2.11. The maximum atomic E-state index is 11.3. The van der Waals surface area contributed by atoms with Crippen LogP contribution in [0.25, 0.3) is 0 Å². The maximum absolute atomic E-state index is 11.3. The Labute approximate surface area is 122 Å². The Hall–Kier alpha value is -1.06. The van der Waals surface area contributed by atoms with Crippen LogP contribution in [0.5, 0.6) is 0 Å². The molecule has 0 aromatic heterocycles. The van der Waals surface area contributed by atoms with Gasteiger partial charge in [-0.1, -0.05) is 51.9 Å². The standard InChI is InChI=1S/C16H30O4/c1-2-3-14-20-16(19)13-11-9-7-5-4-6-8-10-12-15(17)18/h2-14H2,1H3,(H,17,18). The monoisotopic (exact) mass is 286 g/mol. The maximum Gasteiger partial charge on any atom is 0.305 e. The molecule has 0 fully saturated rings. The van der Waals surface area contributed by atoms with Gasteiger partial charge in [-0.15, -0.1) is 0 Å². The van der Waals surface area contributed by atoms with Crippen LogP contribution < -0.4 is 0 Å². The molecule has 0 heterocycles. The number of hydrogen-bond acceptors (Lipinski definition) is 3. The van der Waals surface area contributed by atoms with Crippen LogP contribution in [0.4, 0.5) is 0 Å². The Morgan fingerprint density at radius 2 is 1.30 bits per heavy atom. The van der Waals surface area contributed by atoms with E-state index in [4.69, 9.17) is 9.84 Å². The fourth-order valence-electron chi connectivity index (χ4n) is 2.01. The lowest BCUT2D eigenvalue weighted by Crippen LogP contribution is -2.05. The highest BCUT2D eigenvalue weighted by atomic mass is 16.5. The number of rotatable bonds is 14. The van der Waals surface area contributed by atoms with Crippen LogP contribution in [0.15, 0.2) is 0 Å². The number of ether oxygens (including phenoxy) is 1. The third kappa shape index (κ3) is 15.0. The summed E-state index contributed by atoms with van der Waals surface area (Å²) in [4.78, 5) is 21.6. The summed E-state index contributed by atoms with van der Waals surface area (Å²) in [6, 6.07) is 0. The van der Waals surface area contributed by atoms with Crippen LogP contribution in [0.2, 0.25) is 0 Å². The van der Waals surface area contributed by atoms with Crippen molar-refractivity contribution in [3.8, 4) is 0 Å². The lowest BCUT2D eigenvalue weighted by atomic mass is 10.1. The summed E-state index contributed by atoms with van der Waals surface area (Å²) in [7, 11) is 0. The Balaban J connectivity index is 3.12. The Morgan fingerprint density at radius 3 is 1.80 bits per heavy atom. The number of aliphatic carboxylic acids is 1. The van der Waals surface area contributed by atoms with E-state index in [1.807, 2.05) is 0 Å². The van der Waals surface area contributed by atoms with Crippen LogP contribution in [0, 0.1) is 0 Å². The quantitative estimate of drug-likeness (QED) is 0.381. The Bertz CT molecular complexity index is 251. The lowest BCUT2D eigenvalue weighted by molar-refractivity contribution is -0.144. The van der Waals surface area contributed by atoms with Gasteiger partial charge in [0.05, 0.1) is 6.61 Å². The topological polar surface area (TPSA) is 63.6 Å². The van der Waals surface area contributed by atoms with E-state index in [1.54, 1.807) is 0 Å². The zero-order chi connectivity index (χ0) is 15.1. The fraction of sp³-hybridized carbons (Fsp3) is 0.875. The summed E-state index contributed by atoms with van der Waals surface area (Å²) < 4.78 is 5.09. The number of hydrogen-bond donors (Lipinski definition) is 1. The van der Waals surface area contributed by atoms with Crippen molar-refractivity contribution < 1.29 is 19.4 Å². The number of carbonyl (C=O) groups excluding carboxylic acids is 1. The predicted molar refractivity (Wildman–Crippen MR) is 79.7 cm³/mol. The van der Waals surface area contributed by atoms with Gasteiger partial charge in [-0.25, -0.2) is 0 Å². The molecule has 0 aromatic rings. The van der Waals surface area contributed by atoms with Crippen LogP contribution >= 0.6 is 0 Å². The van der Waals surface area contributed by atoms with Crippen molar-refractivity contribution in [1.29, 1.82) is 0 Å². The van der Waals surface area contributed by atoms with Gasteiger partial charge >= 0.3 is 11.9 Å². The molecule has 0 radical (unpaired) electrons. The first kappa shape index (κ1) is 18.9. The minimum atomic E-state index is -0.698. The molecule has 118 valence electrons. The van der Waals surface area contributed by atoms with Gasteiger partial charge in [-0.2, -0.15) is 0 Å². The number of unbranched alkanes of at least 4 members (excludes halogenated alkanes) is 8. The van der Waals surface area contributed by atoms with Crippen LogP contribution in [0.1, 0.15) is 84.0 Å². The van der Waals surface area contributed by atoms with Gasteiger partial charge in [0.2, 0.25) is 0 Å². The zero-order valence-electron chi connectivity index (χ0n) is 12.9. The van der Waals surface area contributed by atoms with E-state index in [0.717, 1.165) is 51.4 Å². The zero-order valence-corrected chi connectivity index (χ0v) is 12.9. The molecule has 0 aliphatic rings. The SMILES string of the molecule is CCCCOC(=O)CCCCCCCCCCC(=O)O. The van der Waals surface area contributed by atoms with Gasteiger partial charge < -0.3 is 9.84 Å². The Morgan fingerprint density at radius 1 is 0.800 bits per heavy atom. The van der Waals surface area contributed by atoms with Crippen molar-refractivity contribution in [3.05, 3.63) is 0 Å². The second-order valence-corrected chi connectivity index (χ2v) is 5.30. The van der Waals surface area contributed by atoms with Crippen LogP contribution in [0.3, 0.4) is 0 Å². The molecule has 1 N–H and O–H groups in total. The molecule has 0 aromatic carbocycles. The van der Waals surface area contributed by atoms with E-state index in [0.29, 0.717) is 19.4 Å². The molecule has 0 saturated heterocycles. The van der Waals surface area contributed by atoms with Gasteiger partial charge in [0, 0.05) is 12.8 Å². The molecule has 0 atom stereocenters. The summed E-state index contributed by atoms with van der Waals surface area (Å²) in [5, 5.41) is 8.49. The average Bonchev–Trinajstić information content (AvgIpc) is 2.41. The molecule has 0 saturated carbocycles. The molecule has 0 rings (SSSR count). The van der Waals surface area contributed by atoms with Gasteiger partial charge in [0.1, 0.15) is 0 Å². The second kappa shape index (κ2) is 14.4. The van der Waals surface area contributed by atoms with E-state index in [9.17, 15) is 9.59 Å². The van der Waals surface area contributed by atoms with E-state index in [1.165, 1.54) is 12.8 Å². The van der Waals surface area contributed by atoms with Crippen molar-refractivity contribution in [1.82, 2.24) is 0 Å². The fourth-order valence-corrected chi connectivity index (χ4v) is 2.01. The molecule has 0 unspecified atom stereocenters. The molecular formula is C16H30O4. The van der Waals surface area contributed by atoms with E-state index in [-0.39, 0.29) is 5.97 Å². The number of carboxylic acid groups (broad SMARTS) is 1. The summed E-state index contributed by atoms with van der Waals surface area (Å²) in [5.74, 6) is -0.761. The van der Waals surface area contributed by atoms with Crippen LogP contribution in [-0.2, 0) is 14.3 Å².